The number of aliphatic imine (C=N–C) groups is 1. The van der Waals surface area contributed by atoms with Gasteiger partial charge in [0.1, 0.15) is 0 Å². The number of thiol groups is 1. The molecule has 0 aromatic heterocycles. The Bertz CT molecular complexity index is 951. The lowest BCUT2D eigenvalue weighted by atomic mass is 9.99. The minimum absolute atomic E-state index is 0.0376. The van der Waals surface area contributed by atoms with E-state index in [0.717, 1.165) is 12.1 Å². The zero-order valence-electron chi connectivity index (χ0n) is 12.7. The highest BCUT2D eigenvalue weighted by Gasteiger charge is 2.25. The molecule has 25 heavy (non-hydrogen) atoms. The van der Waals surface area contributed by atoms with Crippen LogP contribution in [-0.2, 0) is 19.7 Å². The molecule has 2 rings (SSSR count). The van der Waals surface area contributed by atoms with Crippen LogP contribution in [0, 0.1) is 0 Å². The van der Waals surface area contributed by atoms with E-state index >= 15 is 0 Å². The third-order valence-corrected chi connectivity index (χ3v) is 4.73. The molecule has 1 heterocycles. The quantitative estimate of drug-likeness (QED) is 0.227. The summed E-state index contributed by atoms with van der Waals surface area (Å²) in [6.07, 6.45) is 0.410. The number of nitrogens with zero attached hydrogens (tertiary/aromatic N) is 2. The van der Waals surface area contributed by atoms with Gasteiger partial charge in [-0.2, -0.15) is 26.1 Å². The Morgan fingerprint density at radius 2 is 2.12 bits per heavy atom. The van der Waals surface area contributed by atoms with Gasteiger partial charge in [0.15, 0.2) is 12.1 Å². The summed E-state index contributed by atoms with van der Waals surface area (Å²) in [5.74, 6) is -0.428. The highest BCUT2D eigenvalue weighted by Crippen LogP contribution is 2.26. The molecule has 1 aromatic carbocycles. The van der Waals surface area contributed by atoms with Gasteiger partial charge in [-0.1, -0.05) is 11.6 Å². The Hall–Kier alpha value is -2.01. The molecular formula is C14H12ClN3O5S2. The molecule has 0 saturated heterocycles. The number of rotatable bonds is 5. The summed E-state index contributed by atoms with van der Waals surface area (Å²) in [6, 6.07) is 3.47. The molecule has 2 N–H and O–H groups in total. The summed E-state index contributed by atoms with van der Waals surface area (Å²) in [4.78, 5) is 26.7. The number of hydrogen-bond acceptors (Lipinski definition) is 7. The summed E-state index contributed by atoms with van der Waals surface area (Å²) >= 11 is 10.0. The maximum Gasteiger partial charge on any atom is 0.294 e. The minimum atomic E-state index is -4.42. The van der Waals surface area contributed by atoms with E-state index in [9.17, 15) is 18.0 Å². The lowest BCUT2D eigenvalue weighted by Crippen LogP contribution is -2.26. The second kappa shape index (κ2) is 7.48. The monoisotopic (exact) mass is 401 g/mol. The average Bonchev–Trinajstić information content (AvgIpc) is 2.55. The van der Waals surface area contributed by atoms with E-state index in [2.05, 4.69) is 28.1 Å². The van der Waals surface area contributed by atoms with Crippen molar-refractivity contribution in [2.45, 2.75) is 11.8 Å². The number of halogens is 1. The predicted octanol–water partition coefficient (Wildman–Crippen LogP) is 1.78. The number of benzene rings is 1. The van der Waals surface area contributed by atoms with Crippen LogP contribution in [0.5, 0.6) is 0 Å². The summed E-state index contributed by atoms with van der Waals surface area (Å²) in [7, 11) is -4.42. The van der Waals surface area contributed by atoms with E-state index in [1.165, 1.54) is 13.0 Å². The van der Waals surface area contributed by atoms with Gasteiger partial charge in [-0.05, 0) is 25.1 Å². The number of ketones is 1. The first-order chi connectivity index (χ1) is 11.7. The zero-order valence-corrected chi connectivity index (χ0v) is 15.2. The average molecular weight is 402 g/mol. The van der Waals surface area contributed by atoms with Gasteiger partial charge < -0.3 is 0 Å². The number of aldehydes is 1. The molecule has 0 atom stereocenters. The van der Waals surface area contributed by atoms with Crippen LogP contribution < -0.4 is 5.43 Å². The number of nitrogens with one attached hydrogen (secondary N) is 1. The van der Waals surface area contributed by atoms with Crippen molar-refractivity contribution in [2.24, 2.45) is 10.1 Å². The van der Waals surface area contributed by atoms with E-state index in [1.54, 1.807) is 0 Å². The minimum Gasteiger partial charge on any atom is -0.298 e. The van der Waals surface area contributed by atoms with Gasteiger partial charge in [-0.3, -0.25) is 19.6 Å². The lowest BCUT2D eigenvalue weighted by Gasteiger charge is -2.15. The number of carbonyl (C=O) groups is 2. The van der Waals surface area contributed by atoms with Crippen LogP contribution in [0.1, 0.15) is 6.92 Å². The zero-order chi connectivity index (χ0) is 18.8. The first-order valence-corrected chi connectivity index (χ1v) is 9.14. The largest absolute Gasteiger partial charge is 0.298 e. The summed E-state index contributed by atoms with van der Waals surface area (Å²) in [6.45, 7) is 1.43. The van der Waals surface area contributed by atoms with Crippen molar-refractivity contribution < 1.29 is 22.6 Å². The Morgan fingerprint density at radius 1 is 1.44 bits per heavy atom. The van der Waals surface area contributed by atoms with Gasteiger partial charge in [-0.25, -0.2) is 4.99 Å². The van der Waals surface area contributed by atoms with Crippen LogP contribution in [0.15, 0.2) is 44.3 Å². The van der Waals surface area contributed by atoms with Crippen molar-refractivity contribution >= 4 is 63.7 Å². The van der Waals surface area contributed by atoms with Gasteiger partial charge in [0.2, 0.25) is 5.78 Å². The summed E-state index contributed by atoms with van der Waals surface area (Å²) in [5, 5.41) is 4.11. The van der Waals surface area contributed by atoms with E-state index in [1.807, 2.05) is 0 Å². The van der Waals surface area contributed by atoms with E-state index in [0.29, 0.717) is 6.29 Å². The van der Waals surface area contributed by atoms with E-state index < -0.39 is 15.9 Å². The molecule has 1 aliphatic rings. The first-order valence-electron chi connectivity index (χ1n) is 6.69. The van der Waals surface area contributed by atoms with Crippen LogP contribution in [0.25, 0.3) is 0 Å². The SMILES string of the molecule is CC1=N/C(=N\Nc2cc(S(=O)(=O)O)ccc2Cl)C(CS)=C(C=O)C1=O. The third-order valence-electron chi connectivity index (χ3n) is 3.24. The molecule has 0 bridgehead atoms. The van der Waals surface area contributed by atoms with Gasteiger partial charge in [0.25, 0.3) is 10.1 Å². The summed E-state index contributed by atoms with van der Waals surface area (Å²) in [5.41, 5.74) is 2.81. The maximum atomic E-state index is 11.9. The molecule has 0 radical (unpaired) electrons. The van der Waals surface area contributed by atoms with Crippen molar-refractivity contribution in [3.8, 4) is 0 Å². The maximum absolute atomic E-state index is 11.9. The third kappa shape index (κ3) is 4.15. The molecule has 1 aliphatic heterocycles. The van der Waals surface area contributed by atoms with Gasteiger partial charge in [0.05, 0.1) is 26.9 Å². The van der Waals surface area contributed by atoms with Crippen LogP contribution in [0.4, 0.5) is 5.69 Å². The summed E-state index contributed by atoms with van der Waals surface area (Å²) < 4.78 is 31.5. The highest BCUT2D eigenvalue weighted by molar-refractivity contribution is 7.85. The second-order valence-electron chi connectivity index (χ2n) is 4.86. The smallest absolute Gasteiger partial charge is 0.294 e. The standard InChI is InChI=1S/C14H12ClN3O5S2/c1-7-13(20)9(5-19)10(6-24)14(16-7)18-17-12-4-8(25(21,22)23)2-3-11(12)15/h2-5,17,24H,6H2,1H3,(H,21,22,23)/b18-14-. The number of carbonyl (C=O) groups excluding carboxylic acids is 2. The number of dihydropyridines is 1. The first kappa shape index (κ1) is 19.3. The topological polar surface area (TPSA) is 125 Å². The van der Waals surface area contributed by atoms with Crippen LogP contribution in [0.3, 0.4) is 0 Å². The fraction of sp³-hybridized carbons (Fsp3) is 0.143. The molecule has 132 valence electrons. The van der Waals surface area contributed by atoms with Crippen LogP contribution in [0.2, 0.25) is 5.02 Å². The Morgan fingerprint density at radius 3 is 2.68 bits per heavy atom. The molecule has 0 amide bonds. The molecule has 11 heteroatoms. The van der Waals surface area contributed by atoms with Gasteiger partial charge in [0, 0.05) is 11.3 Å². The number of Topliss-reactive ketones (excluding diaryl/α,β-unsaturated/α-hetero) is 1. The second-order valence-corrected chi connectivity index (χ2v) is 7.00. The van der Waals surface area contributed by atoms with E-state index in [4.69, 9.17) is 16.2 Å². The number of hydrazone groups is 1. The van der Waals surface area contributed by atoms with Crippen molar-refractivity contribution in [1.82, 2.24) is 0 Å². The molecule has 8 nitrogen and oxygen atoms in total. The van der Waals surface area contributed by atoms with Crippen LogP contribution >= 0.6 is 24.2 Å². The molecule has 0 saturated carbocycles. The molecular weight excluding hydrogens is 390 g/mol. The number of anilines is 1. The van der Waals surface area contributed by atoms with Crippen molar-refractivity contribution in [3.05, 3.63) is 34.4 Å². The van der Waals surface area contributed by atoms with E-state index in [-0.39, 0.29) is 44.1 Å². The Labute approximate surface area is 153 Å². The number of amidine groups is 1. The van der Waals surface area contributed by atoms with Crippen LogP contribution in [-0.4, -0.2) is 42.3 Å². The molecule has 0 unspecified atom stereocenters. The highest BCUT2D eigenvalue weighted by atomic mass is 35.5. The number of hydrogen-bond donors (Lipinski definition) is 3. The van der Waals surface area contributed by atoms with Crippen molar-refractivity contribution in [3.63, 3.8) is 0 Å². The Balaban J connectivity index is 2.46. The molecule has 0 fully saturated rings. The fourth-order valence-electron chi connectivity index (χ4n) is 1.97. The molecule has 0 spiro atoms. The number of allylic oxidation sites excluding steroid dienone is 1. The molecule has 0 aliphatic carbocycles. The van der Waals surface area contributed by atoms with Crippen molar-refractivity contribution in [1.29, 1.82) is 0 Å². The van der Waals surface area contributed by atoms with Crippen molar-refractivity contribution in [2.75, 3.05) is 11.2 Å². The predicted molar refractivity (Wildman–Crippen MR) is 97.4 cm³/mol. The normalized spacial score (nSPS) is 16.9. The molecule has 1 aromatic rings. The van der Waals surface area contributed by atoms with Gasteiger partial charge in [-0.15, -0.1) is 0 Å². The van der Waals surface area contributed by atoms with Gasteiger partial charge >= 0.3 is 0 Å². The lowest BCUT2D eigenvalue weighted by molar-refractivity contribution is -0.113. The Kier molecular flexibility index (Phi) is 5.78. The fourth-order valence-corrected chi connectivity index (χ4v) is 2.94.